The van der Waals surface area contributed by atoms with Crippen LogP contribution in [0.4, 0.5) is 4.79 Å². The Labute approximate surface area is 139 Å². The number of likely N-dealkylation sites (tertiary alicyclic amines) is 1. The minimum atomic E-state index is -0.467. The molecule has 3 amide bonds. The summed E-state index contributed by atoms with van der Waals surface area (Å²) < 4.78 is 1.66. The molecule has 0 bridgehead atoms. The Morgan fingerprint density at radius 2 is 2.25 bits per heavy atom. The summed E-state index contributed by atoms with van der Waals surface area (Å²) >= 11 is 0. The minimum Gasteiger partial charge on any atom is -0.352 e. The van der Waals surface area contributed by atoms with Gasteiger partial charge in [0.05, 0.1) is 5.92 Å². The summed E-state index contributed by atoms with van der Waals surface area (Å²) in [6.07, 6.45) is 6.74. The third-order valence-electron chi connectivity index (χ3n) is 4.12. The van der Waals surface area contributed by atoms with E-state index in [1.807, 2.05) is 24.4 Å². The van der Waals surface area contributed by atoms with Crippen LogP contribution in [0.5, 0.6) is 0 Å². The number of hydrogen-bond acceptors (Lipinski definition) is 4. The standard InChI is InChI=1S/C16H20N6O2/c17-16(24)21-7-1-3-13(11-21)15(23)19-10-12-4-6-18-14(9-12)22-8-2-5-20-22/h2,4-6,8-9,13H,1,3,7,10-11H2,(H2,17,24)(H,19,23)/t13-/m0/s1. The van der Waals surface area contributed by atoms with Crippen molar-refractivity contribution in [2.45, 2.75) is 19.4 Å². The SMILES string of the molecule is NC(=O)N1CCC[C@H](C(=O)NCc2ccnc(-n3cccn3)c2)C1. The minimum absolute atomic E-state index is 0.0570. The highest BCUT2D eigenvalue weighted by molar-refractivity contribution is 5.80. The molecule has 1 atom stereocenters. The third kappa shape index (κ3) is 3.70. The molecular formula is C16H20N6O2. The van der Waals surface area contributed by atoms with Gasteiger partial charge < -0.3 is 16.0 Å². The molecule has 1 saturated heterocycles. The summed E-state index contributed by atoms with van der Waals surface area (Å²) in [4.78, 5) is 29.4. The lowest BCUT2D eigenvalue weighted by molar-refractivity contribution is -0.126. The first-order valence-corrected chi connectivity index (χ1v) is 7.90. The van der Waals surface area contributed by atoms with Gasteiger partial charge in [0.2, 0.25) is 5.91 Å². The molecule has 1 aliphatic heterocycles. The Hall–Kier alpha value is -2.90. The van der Waals surface area contributed by atoms with E-state index in [1.165, 1.54) is 4.90 Å². The quantitative estimate of drug-likeness (QED) is 0.860. The van der Waals surface area contributed by atoms with E-state index in [4.69, 9.17) is 5.73 Å². The zero-order valence-electron chi connectivity index (χ0n) is 13.3. The molecule has 1 aliphatic rings. The Kier molecular flexibility index (Phi) is 4.74. The number of aromatic nitrogens is 3. The molecule has 3 rings (SSSR count). The molecule has 0 aromatic carbocycles. The van der Waals surface area contributed by atoms with Crippen LogP contribution < -0.4 is 11.1 Å². The van der Waals surface area contributed by atoms with Crippen molar-refractivity contribution in [1.82, 2.24) is 25.0 Å². The second kappa shape index (κ2) is 7.12. The molecule has 0 radical (unpaired) electrons. The van der Waals surface area contributed by atoms with E-state index in [2.05, 4.69) is 15.4 Å². The van der Waals surface area contributed by atoms with E-state index < -0.39 is 6.03 Å². The van der Waals surface area contributed by atoms with Crippen molar-refractivity contribution in [1.29, 1.82) is 0 Å². The first kappa shape index (κ1) is 16.0. The fourth-order valence-electron chi connectivity index (χ4n) is 2.82. The van der Waals surface area contributed by atoms with Gasteiger partial charge in [-0.25, -0.2) is 14.5 Å². The summed E-state index contributed by atoms with van der Waals surface area (Å²) in [5.41, 5.74) is 6.23. The molecule has 2 aromatic heterocycles. The largest absolute Gasteiger partial charge is 0.352 e. The number of nitrogens with one attached hydrogen (secondary N) is 1. The number of nitrogens with two attached hydrogens (primary N) is 1. The molecule has 8 heteroatoms. The first-order chi connectivity index (χ1) is 11.6. The van der Waals surface area contributed by atoms with E-state index >= 15 is 0 Å². The molecule has 0 spiro atoms. The highest BCUT2D eigenvalue weighted by atomic mass is 16.2. The Bertz CT molecular complexity index is 715. The van der Waals surface area contributed by atoms with Crippen LogP contribution in [0.1, 0.15) is 18.4 Å². The first-order valence-electron chi connectivity index (χ1n) is 7.90. The average Bonchev–Trinajstić information content (AvgIpc) is 3.15. The van der Waals surface area contributed by atoms with Gasteiger partial charge >= 0.3 is 6.03 Å². The molecule has 8 nitrogen and oxygen atoms in total. The molecule has 0 aliphatic carbocycles. The van der Waals surface area contributed by atoms with E-state index in [1.54, 1.807) is 17.1 Å². The van der Waals surface area contributed by atoms with Crippen LogP contribution in [0.15, 0.2) is 36.8 Å². The van der Waals surface area contributed by atoms with Crippen molar-refractivity contribution in [3.05, 3.63) is 42.4 Å². The van der Waals surface area contributed by atoms with E-state index in [0.717, 1.165) is 18.4 Å². The lowest BCUT2D eigenvalue weighted by atomic mass is 9.97. The molecule has 1 fully saturated rings. The second-order valence-electron chi connectivity index (χ2n) is 5.81. The fraction of sp³-hybridized carbons (Fsp3) is 0.375. The van der Waals surface area contributed by atoms with Gasteiger partial charge in [-0.05, 0) is 36.6 Å². The number of piperidine rings is 1. The number of urea groups is 1. The lowest BCUT2D eigenvalue weighted by Crippen LogP contribution is -2.47. The van der Waals surface area contributed by atoms with Crippen LogP contribution >= 0.6 is 0 Å². The van der Waals surface area contributed by atoms with E-state index in [0.29, 0.717) is 25.5 Å². The van der Waals surface area contributed by atoms with Crippen LogP contribution in [0.25, 0.3) is 5.82 Å². The predicted octanol–water partition coefficient (Wildman–Crippen LogP) is 0.674. The van der Waals surface area contributed by atoms with Crippen molar-refractivity contribution in [2.24, 2.45) is 11.7 Å². The number of rotatable bonds is 4. The third-order valence-corrected chi connectivity index (χ3v) is 4.12. The highest BCUT2D eigenvalue weighted by Gasteiger charge is 2.27. The Morgan fingerprint density at radius 1 is 1.38 bits per heavy atom. The van der Waals surface area contributed by atoms with Crippen LogP contribution in [0.2, 0.25) is 0 Å². The number of carbonyl (C=O) groups excluding carboxylic acids is 2. The van der Waals surface area contributed by atoms with Gasteiger partial charge in [-0.1, -0.05) is 0 Å². The molecule has 3 heterocycles. The van der Waals surface area contributed by atoms with Crippen molar-refractivity contribution < 1.29 is 9.59 Å². The molecule has 2 aromatic rings. The molecule has 126 valence electrons. The maximum Gasteiger partial charge on any atom is 0.314 e. The van der Waals surface area contributed by atoms with Gasteiger partial charge in [-0.2, -0.15) is 5.10 Å². The highest BCUT2D eigenvalue weighted by Crippen LogP contribution is 2.16. The number of pyridine rings is 1. The summed E-state index contributed by atoms with van der Waals surface area (Å²) in [6.45, 7) is 1.41. The second-order valence-corrected chi connectivity index (χ2v) is 5.81. The number of amides is 3. The van der Waals surface area contributed by atoms with Gasteiger partial charge in [0.15, 0.2) is 5.82 Å². The monoisotopic (exact) mass is 328 g/mol. The Balaban J connectivity index is 1.58. The van der Waals surface area contributed by atoms with E-state index in [9.17, 15) is 9.59 Å². The summed E-state index contributed by atoms with van der Waals surface area (Å²) in [5.74, 6) is 0.432. The summed E-state index contributed by atoms with van der Waals surface area (Å²) in [5, 5.41) is 7.06. The molecular weight excluding hydrogens is 308 g/mol. The normalized spacial score (nSPS) is 17.5. The maximum atomic E-state index is 12.3. The number of hydrogen-bond donors (Lipinski definition) is 2. The Morgan fingerprint density at radius 3 is 3.00 bits per heavy atom. The summed E-state index contributed by atoms with van der Waals surface area (Å²) in [7, 11) is 0. The molecule has 0 saturated carbocycles. The maximum absolute atomic E-state index is 12.3. The predicted molar refractivity (Wildman–Crippen MR) is 87.1 cm³/mol. The topological polar surface area (TPSA) is 106 Å². The van der Waals surface area contributed by atoms with Crippen molar-refractivity contribution in [2.75, 3.05) is 13.1 Å². The lowest BCUT2D eigenvalue weighted by Gasteiger charge is -2.30. The van der Waals surface area contributed by atoms with Gasteiger partial charge in [-0.15, -0.1) is 0 Å². The van der Waals surface area contributed by atoms with Gasteiger partial charge in [0, 0.05) is 38.2 Å². The van der Waals surface area contributed by atoms with Crippen LogP contribution in [-0.2, 0) is 11.3 Å². The van der Waals surface area contributed by atoms with Gasteiger partial charge in [-0.3, -0.25) is 4.79 Å². The van der Waals surface area contributed by atoms with Gasteiger partial charge in [0.25, 0.3) is 0 Å². The average molecular weight is 328 g/mol. The molecule has 24 heavy (non-hydrogen) atoms. The van der Waals surface area contributed by atoms with Gasteiger partial charge in [0.1, 0.15) is 0 Å². The smallest absolute Gasteiger partial charge is 0.314 e. The zero-order valence-corrected chi connectivity index (χ0v) is 13.3. The van der Waals surface area contributed by atoms with Crippen molar-refractivity contribution >= 4 is 11.9 Å². The van der Waals surface area contributed by atoms with E-state index in [-0.39, 0.29) is 11.8 Å². The number of nitrogens with zero attached hydrogens (tertiary/aromatic N) is 4. The number of primary amides is 1. The molecule has 3 N–H and O–H groups in total. The number of carbonyl (C=O) groups is 2. The molecule has 0 unspecified atom stereocenters. The van der Waals surface area contributed by atoms with Crippen molar-refractivity contribution in [3.8, 4) is 5.82 Å². The van der Waals surface area contributed by atoms with Crippen LogP contribution in [0, 0.1) is 5.92 Å². The van der Waals surface area contributed by atoms with Crippen LogP contribution in [0.3, 0.4) is 0 Å². The summed E-state index contributed by atoms with van der Waals surface area (Å²) in [6, 6.07) is 5.09. The van der Waals surface area contributed by atoms with Crippen molar-refractivity contribution in [3.63, 3.8) is 0 Å². The fourth-order valence-corrected chi connectivity index (χ4v) is 2.82. The van der Waals surface area contributed by atoms with Crippen LogP contribution in [-0.4, -0.2) is 44.7 Å². The zero-order chi connectivity index (χ0) is 16.9.